The van der Waals surface area contributed by atoms with E-state index >= 15 is 0 Å². The lowest BCUT2D eigenvalue weighted by Gasteiger charge is -1.92. The number of ether oxygens (including phenoxy) is 1. The highest BCUT2D eigenvalue weighted by Gasteiger charge is 1.92. The molecule has 0 aliphatic heterocycles. The van der Waals surface area contributed by atoms with E-state index < -0.39 is 0 Å². The molecule has 3 heteroatoms. The molecule has 0 amide bonds. The molecule has 2 nitrogen and oxygen atoms in total. The Hall–Kier alpha value is -0.830. The van der Waals surface area contributed by atoms with E-state index in [0.717, 1.165) is 4.88 Å². The molecular formula is C7H7O2S. The van der Waals surface area contributed by atoms with Crippen LogP contribution in [0.3, 0.4) is 0 Å². The first-order valence-electron chi connectivity index (χ1n) is 2.85. The monoisotopic (exact) mass is 155 g/mol. The van der Waals surface area contributed by atoms with Crippen LogP contribution in [-0.4, -0.2) is 13.1 Å². The standard InChI is InChI=1S/C7H7O2S/c8-6-9-4-3-7-2-1-5-10-7/h1-3,5-6H,4H2. The molecule has 1 heterocycles. The van der Waals surface area contributed by atoms with E-state index in [-0.39, 0.29) is 0 Å². The van der Waals surface area contributed by atoms with Gasteiger partial charge >= 0.3 is 0 Å². The van der Waals surface area contributed by atoms with Crippen molar-refractivity contribution < 1.29 is 9.53 Å². The maximum absolute atomic E-state index is 9.69. The van der Waals surface area contributed by atoms with Gasteiger partial charge in [-0.15, -0.1) is 11.3 Å². The summed E-state index contributed by atoms with van der Waals surface area (Å²) >= 11 is 1.62. The Morgan fingerprint density at radius 3 is 3.20 bits per heavy atom. The molecule has 0 fully saturated rings. The Balaban J connectivity index is 2.21. The van der Waals surface area contributed by atoms with Gasteiger partial charge in [0, 0.05) is 11.3 Å². The number of hydrogen-bond acceptors (Lipinski definition) is 3. The van der Waals surface area contributed by atoms with Crippen molar-refractivity contribution >= 4 is 17.8 Å². The van der Waals surface area contributed by atoms with Crippen LogP contribution in [0.25, 0.3) is 0 Å². The van der Waals surface area contributed by atoms with Crippen LogP contribution in [0.5, 0.6) is 0 Å². The predicted molar refractivity (Wildman–Crippen MR) is 39.7 cm³/mol. The van der Waals surface area contributed by atoms with E-state index in [1.54, 1.807) is 11.3 Å². The Morgan fingerprint density at radius 2 is 2.60 bits per heavy atom. The summed E-state index contributed by atoms with van der Waals surface area (Å²) in [7, 11) is 0. The first-order chi connectivity index (χ1) is 4.93. The lowest BCUT2D eigenvalue weighted by Crippen LogP contribution is -1.91. The Labute approximate surface area is 63.4 Å². The molecule has 0 unspecified atom stereocenters. The highest BCUT2D eigenvalue weighted by atomic mass is 32.1. The lowest BCUT2D eigenvalue weighted by atomic mass is 10.4. The Kier molecular flexibility index (Phi) is 2.96. The zero-order valence-electron chi connectivity index (χ0n) is 5.32. The number of carbonyl (C=O) groups is 1. The second kappa shape index (κ2) is 4.06. The zero-order valence-corrected chi connectivity index (χ0v) is 6.14. The molecule has 0 spiro atoms. The second-order valence-electron chi connectivity index (χ2n) is 1.65. The largest absolute Gasteiger partial charge is 0.467 e. The molecule has 0 aliphatic rings. The third-order valence-electron chi connectivity index (χ3n) is 0.992. The van der Waals surface area contributed by atoms with Gasteiger partial charge in [0.05, 0.1) is 6.61 Å². The van der Waals surface area contributed by atoms with Gasteiger partial charge in [-0.05, 0) is 11.4 Å². The molecule has 0 saturated heterocycles. The van der Waals surface area contributed by atoms with E-state index in [4.69, 9.17) is 0 Å². The van der Waals surface area contributed by atoms with Gasteiger partial charge in [-0.3, -0.25) is 4.79 Å². The average Bonchev–Trinajstić information content (AvgIpc) is 2.41. The van der Waals surface area contributed by atoms with Crippen molar-refractivity contribution in [3.63, 3.8) is 0 Å². The van der Waals surface area contributed by atoms with Crippen LogP contribution in [-0.2, 0) is 9.53 Å². The molecular weight excluding hydrogens is 148 g/mol. The molecule has 0 aromatic carbocycles. The van der Waals surface area contributed by atoms with E-state index in [9.17, 15) is 4.79 Å². The normalized spacial score (nSPS) is 9.20. The van der Waals surface area contributed by atoms with Gasteiger partial charge in [0.25, 0.3) is 6.47 Å². The molecule has 0 N–H and O–H groups in total. The summed E-state index contributed by atoms with van der Waals surface area (Å²) in [6.07, 6.45) is 1.86. The Morgan fingerprint density at radius 1 is 1.70 bits per heavy atom. The SMILES string of the molecule is O=COC[CH]c1cccs1. The zero-order chi connectivity index (χ0) is 7.23. The number of rotatable bonds is 4. The molecule has 0 saturated carbocycles. The van der Waals surface area contributed by atoms with Crippen LogP contribution in [0, 0.1) is 6.42 Å². The number of carbonyl (C=O) groups excluding carboxylic acids is 1. The van der Waals surface area contributed by atoms with Crippen molar-refractivity contribution in [3.8, 4) is 0 Å². The van der Waals surface area contributed by atoms with Crippen molar-refractivity contribution in [1.29, 1.82) is 0 Å². The van der Waals surface area contributed by atoms with Crippen LogP contribution in [0.4, 0.5) is 0 Å². The minimum absolute atomic E-state index is 0.365. The summed E-state index contributed by atoms with van der Waals surface area (Å²) < 4.78 is 4.48. The molecule has 1 aromatic rings. The maximum Gasteiger partial charge on any atom is 0.293 e. The molecule has 1 aromatic heterocycles. The van der Waals surface area contributed by atoms with E-state index in [1.807, 2.05) is 23.9 Å². The van der Waals surface area contributed by atoms with Gasteiger partial charge in [-0.25, -0.2) is 0 Å². The van der Waals surface area contributed by atoms with Gasteiger partial charge in [0.15, 0.2) is 0 Å². The fraction of sp³-hybridized carbons (Fsp3) is 0.143. The lowest BCUT2D eigenvalue weighted by molar-refractivity contribution is -0.127. The molecule has 1 rings (SSSR count). The van der Waals surface area contributed by atoms with Crippen molar-refractivity contribution in [2.75, 3.05) is 6.61 Å². The Bertz CT molecular complexity index is 181. The summed E-state index contributed by atoms with van der Waals surface area (Å²) in [5.74, 6) is 0. The molecule has 1 radical (unpaired) electrons. The van der Waals surface area contributed by atoms with Crippen molar-refractivity contribution in [2.45, 2.75) is 0 Å². The van der Waals surface area contributed by atoms with Gasteiger partial charge in [-0.2, -0.15) is 0 Å². The highest BCUT2D eigenvalue weighted by Crippen LogP contribution is 2.10. The number of thiophene rings is 1. The maximum atomic E-state index is 9.69. The molecule has 10 heavy (non-hydrogen) atoms. The van der Waals surface area contributed by atoms with Crippen LogP contribution < -0.4 is 0 Å². The quantitative estimate of drug-likeness (QED) is 0.486. The van der Waals surface area contributed by atoms with Gasteiger partial charge in [-0.1, -0.05) is 6.07 Å². The second-order valence-corrected chi connectivity index (χ2v) is 2.63. The summed E-state index contributed by atoms with van der Waals surface area (Å²) in [6, 6.07) is 3.93. The molecule has 0 bridgehead atoms. The summed E-state index contributed by atoms with van der Waals surface area (Å²) in [5.41, 5.74) is 0. The highest BCUT2D eigenvalue weighted by molar-refractivity contribution is 7.10. The van der Waals surface area contributed by atoms with Crippen molar-refractivity contribution in [1.82, 2.24) is 0 Å². The fourth-order valence-corrected chi connectivity index (χ4v) is 1.21. The average molecular weight is 155 g/mol. The summed E-state index contributed by atoms with van der Waals surface area (Å²) in [6.45, 7) is 0.814. The first-order valence-corrected chi connectivity index (χ1v) is 3.73. The van der Waals surface area contributed by atoms with Crippen LogP contribution in [0.1, 0.15) is 4.88 Å². The number of hydrogen-bond donors (Lipinski definition) is 0. The van der Waals surface area contributed by atoms with Gasteiger partial charge < -0.3 is 4.74 Å². The predicted octanol–water partition coefficient (Wildman–Crippen LogP) is 1.47. The van der Waals surface area contributed by atoms with E-state index in [1.165, 1.54) is 0 Å². The van der Waals surface area contributed by atoms with Crippen molar-refractivity contribution in [3.05, 3.63) is 28.8 Å². The van der Waals surface area contributed by atoms with Crippen LogP contribution in [0.2, 0.25) is 0 Å². The van der Waals surface area contributed by atoms with E-state index in [0.29, 0.717) is 13.1 Å². The first kappa shape index (κ1) is 7.28. The third kappa shape index (κ3) is 2.19. The smallest absolute Gasteiger partial charge is 0.293 e. The molecule has 53 valence electrons. The van der Waals surface area contributed by atoms with Crippen LogP contribution >= 0.6 is 11.3 Å². The van der Waals surface area contributed by atoms with Crippen molar-refractivity contribution in [2.24, 2.45) is 0 Å². The van der Waals surface area contributed by atoms with Crippen LogP contribution in [0.15, 0.2) is 17.5 Å². The summed E-state index contributed by atoms with van der Waals surface area (Å²) in [4.78, 5) is 10.8. The summed E-state index contributed by atoms with van der Waals surface area (Å²) in [5, 5.41) is 1.98. The minimum Gasteiger partial charge on any atom is -0.467 e. The topological polar surface area (TPSA) is 26.3 Å². The van der Waals surface area contributed by atoms with Gasteiger partial charge in [0.2, 0.25) is 0 Å². The fourth-order valence-electron chi connectivity index (χ4n) is 0.577. The third-order valence-corrected chi connectivity index (χ3v) is 1.86. The van der Waals surface area contributed by atoms with E-state index in [2.05, 4.69) is 4.74 Å². The molecule has 0 aliphatic carbocycles. The van der Waals surface area contributed by atoms with Gasteiger partial charge in [0.1, 0.15) is 0 Å². The molecule has 0 atom stereocenters. The minimum atomic E-state index is 0.365.